The van der Waals surface area contributed by atoms with Crippen molar-refractivity contribution in [3.05, 3.63) is 64.5 Å². The second-order valence-electron chi connectivity index (χ2n) is 8.63. The predicted molar refractivity (Wildman–Crippen MR) is 125 cm³/mol. The Morgan fingerprint density at radius 3 is 2.22 bits per heavy atom. The minimum absolute atomic E-state index is 0.0455. The summed E-state index contributed by atoms with van der Waals surface area (Å²) in [7, 11) is 0. The van der Waals surface area contributed by atoms with E-state index in [2.05, 4.69) is 20.4 Å². The molecule has 0 aromatic heterocycles. The lowest BCUT2D eigenvalue weighted by Gasteiger charge is -2.21. The van der Waals surface area contributed by atoms with Crippen molar-refractivity contribution >= 4 is 17.5 Å². The monoisotopic (exact) mass is 440 g/mol. The third-order valence-electron chi connectivity index (χ3n) is 5.76. The van der Waals surface area contributed by atoms with Gasteiger partial charge in [-0.1, -0.05) is 29.8 Å². The normalized spacial score (nSPS) is 15.2. The molecule has 2 N–H and O–H groups in total. The van der Waals surface area contributed by atoms with Gasteiger partial charge in [0, 0.05) is 25.3 Å². The molecule has 7 heteroatoms. The van der Waals surface area contributed by atoms with Gasteiger partial charge in [-0.25, -0.2) is 4.39 Å². The Morgan fingerprint density at radius 2 is 1.53 bits per heavy atom. The topological polar surface area (TPSA) is 64.7 Å². The van der Waals surface area contributed by atoms with Gasteiger partial charge in [-0.15, -0.1) is 0 Å². The molecule has 1 aliphatic rings. The number of rotatable bonds is 7. The number of carbonyl (C=O) groups excluding carboxylic acids is 2. The van der Waals surface area contributed by atoms with Crippen molar-refractivity contribution in [2.45, 2.75) is 33.7 Å². The Balaban J connectivity index is 1.41. The molecule has 3 rings (SSSR count). The van der Waals surface area contributed by atoms with E-state index in [0.717, 1.165) is 67.1 Å². The highest BCUT2D eigenvalue weighted by molar-refractivity contribution is 5.96. The summed E-state index contributed by atoms with van der Waals surface area (Å²) >= 11 is 0. The zero-order valence-electron chi connectivity index (χ0n) is 19.2. The van der Waals surface area contributed by atoms with E-state index in [9.17, 15) is 14.0 Å². The molecule has 2 amide bonds. The van der Waals surface area contributed by atoms with Crippen molar-refractivity contribution in [3.63, 3.8) is 0 Å². The molecule has 2 aromatic carbocycles. The summed E-state index contributed by atoms with van der Waals surface area (Å²) in [6.45, 7) is 10.4. The first-order valence-corrected chi connectivity index (χ1v) is 11.1. The Morgan fingerprint density at radius 1 is 0.906 bits per heavy atom. The first kappa shape index (κ1) is 23.9. The maximum atomic E-state index is 13.1. The molecular weight excluding hydrogens is 407 g/mol. The maximum absolute atomic E-state index is 13.1. The lowest BCUT2D eigenvalue weighted by atomic mass is 10.1. The van der Waals surface area contributed by atoms with Crippen LogP contribution in [0.3, 0.4) is 0 Å². The fourth-order valence-corrected chi connectivity index (χ4v) is 4.19. The molecular formula is C25H33FN4O2. The average Bonchev–Trinajstić information content (AvgIpc) is 2.96. The van der Waals surface area contributed by atoms with Gasteiger partial charge in [0.25, 0.3) is 0 Å². The summed E-state index contributed by atoms with van der Waals surface area (Å²) in [4.78, 5) is 29.1. The Hall–Kier alpha value is -2.77. The van der Waals surface area contributed by atoms with E-state index < -0.39 is 0 Å². The molecule has 0 unspecified atom stereocenters. The number of anilines is 1. The molecule has 1 fully saturated rings. The van der Waals surface area contributed by atoms with Gasteiger partial charge in [0.05, 0.1) is 13.1 Å². The van der Waals surface area contributed by atoms with Gasteiger partial charge in [0.1, 0.15) is 5.82 Å². The molecule has 0 saturated carbocycles. The molecule has 0 bridgehead atoms. The highest BCUT2D eigenvalue weighted by Gasteiger charge is 2.18. The number of benzene rings is 2. The summed E-state index contributed by atoms with van der Waals surface area (Å²) < 4.78 is 13.1. The number of hydrogen-bond acceptors (Lipinski definition) is 4. The van der Waals surface area contributed by atoms with Crippen LogP contribution in [0.25, 0.3) is 0 Å². The van der Waals surface area contributed by atoms with Gasteiger partial charge in [-0.3, -0.25) is 19.4 Å². The SMILES string of the molecule is Cc1cc(C)c(NC(=O)CNC(=O)CN2CCCN(Cc3ccc(F)cc3)CC2)c(C)c1. The van der Waals surface area contributed by atoms with Gasteiger partial charge < -0.3 is 10.6 Å². The number of halogens is 1. The van der Waals surface area contributed by atoms with Crippen molar-refractivity contribution in [1.82, 2.24) is 15.1 Å². The van der Waals surface area contributed by atoms with Crippen LogP contribution in [0.15, 0.2) is 36.4 Å². The van der Waals surface area contributed by atoms with Crippen molar-refractivity contribution in [1.29, 1.82) is 0 Å². The highest BCUT2D eigenvalue weighted by atomic mass is 19.1. The minimum atomic E-state index is -0.227. The summed E-state index contributed by atoms with van der Waals surface area (Å²) in [6, 6.07) is 10.7. The first-order chi connectivity index (χ1) is 15.3. The Labute approximate surface area is 189 Å². The summed E-state index contributed by atoms with van der Waals surface area (Å²) in [5.74, 6) is -0.598. The van der Waals surface area contributed by atoms with Crippen molar-refractivity contribution in [3.8, 4) is 0 Å². The van der Waals surface area contributed by atoms with E-state index in [1.165, 1.54) is 12.1 Å². The molecule has 172 valence electrons. The fourth-order valence-electron chi connectivity index (χ4n) is 4.19. The molecule has 2 aromatic rings. The second kappa shape index (κ2) is 11.2. The molecule has 1 aliphatic heterocycles. The number of nitrogens with zero attached hydrogens (tertiary/aromatic N) is 2. The van der Waals surface area contributed by atoms with Crippen LogP contribution in [0.2, 0.25) is 0 Å². The molecule has 0 spiro atoms. The van der Waals surface area contributed by atoms with E-state index >= 15 is 0 Å². The zero-order chi connectivity index (χ0) is 23.1. The summed E-state index contributed by atoms with van der Waals surface area (Å²) in [5.41, 5.74) is 5.07. The van der Waals surface area contributed by atoms with Crippen LogP contribution in [-0.4, -0.2) is 60.9 Å². The van der Waals surface area contributed by atoms with Crippen LogP contribution in [-0.2, 0) is 16.1 Å². The van der Waals surface area contributed by atoms with Crippen molar-refractivity contribution in [2.24, 2.45) is 0 Å². The molecule has 6 nitrogen and oxygen atoms in total. The Kier molecular flexibility index (Phi) is 8.36. The van der Waals surface area contributed by atoms with Crippen LogP contribution in [0.5, 0.6) is 0 Å². The number of nitrogens with one attached hydrogen (secondary N) is 2. The molecule has 1 heterocycles. The number of amides is 2. The lowest BCUT2D eigenvalue weighted by Crippen LogP contribution is -2.41. The third kappa shape index (κ3) is 7.14. The van der Waals surface area contributed by atoms with Crippen LogP contribution in [0, 0.1) is 26.6 Å². The van der Waals surface area contributed by atoms with E-state index in [0.29, 0.717) is 0 Å². The third-order valence-corrected chi connectivity index (χ3v) is 5.76. The first-order valence-electron chi connectivity index (χ1n) is 11.1. The Bertz CT molecular complexity index is 922. The van der Waals surface area contributed by atoms with Crippen LogP contribution < -0.4 is 10.6 Å². The zero-order valence-corrected chi connectivity index (χ0v) is 19.2. The van der Waals surface area contributed by atoms with Crippen LogP contribution >= 0.6 is 0 Å². The van der Waals surface area contributed by atoms with Crippen LogP contribution in [0.4, 0.5) is 10.1 Å². The number of carbonyl (C=O) groups is 2. The van der Waals surface area contributed by atoms with Gasteiger partial charge in [0.2, 0.25) is 11.8 Å². The maximum Gasteiger partial charge on any atom is 0.243 e. The summed E-state index contributed by atoms with van der Waals surface area (Å²) in [5, 5.41) is 5.64. The molecule has 32 heavy (non-hydrogen) atoms. The van der Waals surface area contributed by atoms with Gasteiger partial charge in [0.15, 0.2) is 0 Å². The predicted octanol–water partition coefficient (Wildman–Crippen LogP) is 3.01. The van der Waals surface area contributed by atoms with Gasteiger partial charge >= 0.3 is 0 Å². The molecule has 0 atom stereocenters. The molecule has 0 radical (unpaired) electrons. The smallest absolute Gasteiger partial charge is 0.243 e. The van der Waals surface area contributed by atoms with E-state index in [-0.39, 0.29) is 30.7 Å². The van der Waals surface area contributed by atoms with E-state index in [1.807, 2.05) is 45.0 Å². The number of aryl methyl sites for hydroxylation is 3. The van der Waals surface area contributed by atoms with Crippen molar-refractivity contribution in [2.75, 3.05) is 44.6 Å². The van der Waals surface area contributed by atoms with Crippen molar-refractivity contribution < 1.29 is 14.0 Å². The van der Waals surface area contributed by atoms with Crippen LogP contribution in [0.1, 0.15) is 28.7 Å². The van der Waals surface area contributed by atoms with Gasteiger partial charge in [-0.05, 0) is 69.1 Å². The quantitative estimate of drug-likeness (QED) is 0.695. The van der Waals surface area contributed by atoms with Gasteiger partial charge in [-0.2, -0.15) is 0 Å². The number of hydrogen-bond donors (Lipinski definition) is 2. The average molecular weight is 441 g/mol. The molecule has 0 aliphatic carbocycles. The molecule has 1 saturated heterocycles. The standard InChI is InChI=1S/C25H33FN4O2/c1-18-13-19(2)25(20(3)14-18)28-23(31)15-27-24(32)17-30-10-4-9-29(11-12-30)16-21-5-7-22(26)8-6-21/h5-8,13-14H,4,9-12,15-17H2,1-3H3,(H,27,32)(H,28,31). The van der Waals surface area contributed by atoms with E-state index in [4.69, 9.17) is 0 Å². The minimum Gasteiger partial charge on any atom is -0.346 e. The largest absolute Gasteiger partial charge is 0.346 e. The lowest BCUT2D eigenvalue weighted by molar-refractivity contribution is -0.125. The fraction of sp³-hybridized carbons (Fsp3) is 0.440. The highest BCUT2D eigenvalue weighted by Crippen LogP contribution is 2.21. The van der Waals surface area contributed by atoms with E-state index in [1.54, 1.807) is 0 Å². The second-order valence-corrected chi connectivity index (χ2v) is 8.63. The summed E-state index contributed by atoms with van der Waals surface area (Å²) in [6.07, 6.45) is 0.959.